The van der Waals surface area contributed by atoms with Crippen molar-refractivity contribution in [3.63, 3.8) is 0 Å². The van der Waals surface area contributed by atoms with Gasteiger partial charge in [0.2, 0.25) is 12.7 Å². The van der Waals surface area contributed by atoms with E-state index in [1.165, 1.54) is 6.07 Å². The largest absolute Gasteiger partial charge is 0.454 e. The molecule has 1 aliphatic carbocycles. The highest BCUT2D eigenvalue weighted by Crippen LogP contribution is 2.51. The van der Waals surface area contributed by atoms with E-state index in [1.807, 2.05) is 18.2 Å². The van der Waals surface area contributed by atoms with Gasteiger partial charge in [-0.3, -0.25) is 4.79 Å². The van der Waals surface area contributed by atoms with Crippen molar-refractivity contribution < 1.29 is 23.8 Å². The smallest absolute Gasteiger partial charge is 0.235 e. The number of nitrogens with two attached hydrogens (primary N) is 1. The van der Waals surface area contributed by atoms with Crippen LogP contribution < -0.4 is 25.4 Å². The highest BCUT2D eigenvalue weighted by atomic mass is 19.1. The molecule has 182 valence electrons. The highest BCUT2D eigenvalue weighted by molar-refractivity contribution is 6.01. The molecule has 7 nitrogen and oxygen atoms in total. The molecule has 2 aromatic rings. The standard InChI is InChI=1S/C26H32FN3O4/c1-25(2,3)23-9-15-8-19(18(27)11-20(15)30(23)12-17(28)13-31)29-24(32)26(6-7-26)16-4-5-21-22(10-16)34-14-33-21/h4-5,8,10-11,17,23,31H,6-7,9,12-14,28H2,1-3H3,(H,29,32). The number of amides is 1. The predicted octanol–water partition coefficient (Wildman–Crippen LogP) is 3.32. The Morgan fingerprint density at radius 2 is 2.00 bits per heavy atom. The zero-order valence-corrected chi connectivity index (χ0v) is 19.9. The van der Waals surface area contributed by atoms with Crippen molar-refractivity contribution in [1.82, 2.24) is 0 Å². The van der Waals surface area contributed by atoms with Gasteiger partial charge < -0.3 is 30.5 Å². The molecule has 3 aliphatic rings. The Morgan fingerprint density at radius 1 is 1.26 bits per heavy atom. The van der Waals surface area contributed by atoms with Gasteiger partial charge in [-0.2, -0.15) is 0 Å². The Hall–Kier alpha value is -2.84. The molecule has 2 aromatic carbocycles. The maximum absolute atomic E-state index is 15.3. The number of aliphatic hydroxyl groups excluding tert-OH is 1. The highest BCUT2D eigenvalue weighted by Gasteiger charge is 2.52. The molecular formula is C26H32FN3O4. The number of aliphatic hydroxyl groups is 1. The van der Waals surface area contributed by atoms with Crippen molar-refractivity contribution in [1.29, 1.82) is 0 Å². The van der Waals surface area contributed by atoms with E-state index in [2.05, 4.69) is 31.0 Å². The van der Waals surface area contributed by atoms with Crippen LogP contribution in [-0.4, -0.2) is 43.0 Å². The average Bonchev–Trinajstić information content (AvgIpc) is 3.35. The van der Waals surface area contributed by atoms with E-state index in [1.54, 1.807) is 6.07 Å². The number of fused-ring (bicyclic) bond motifs is 2. The molecule has 1 fully saturated rings. The summed E-state index contributed by atoms with van der Waals surface area (Å²) in [6.07, 6.45) is 2.11. The number of hydrogen-bond donors (Lipinski definition) is 3. The van der Waals surface area contributed by atoms with Crippen LogP contribution in [0.5, 0.6) is 11.5 Å². The fourth-order valence-corrected chi connectivity index (χ4v) is 5.14. The molecule has 0 radical (unpaired) electrons. The minimum absolute atomic E-state index is 0.0779. The second kappa shape index (κ2) is 8.13. The van der Waals surface area contributed by atoms with E-state index >= 15 is 4.39 Å². The van der Waals surface area contributed by atoms with Crippen molar-refractivity contribution in [2.45, 2.75) is 57.5 Å². The summed E-state index contributed by atoms with van der Waals surface area (Å²) >= 11 is 0. The molecule has 34 heavy (non-hydrogen) atoms. The van der Waals surface area contributed by atoms with Crippen molar-refractivity contribution in [3.05, 3.63) is 47.3 Å². The number of rotatable bonds is 6. The lowest BCUT2D eigenvalue weighted by atomic mass is 9.84. The number of ether oxygens (including phenoxy) is 2. The van der Waals surface area contributed by atoms with Crippen LogP contribution in [-0.2, 0) is 16.6 Å². The van der Waals surface area contributed by atoms with Gasteiger partial charge in [-0.1, -0.05) is 26.8 Å². The first-order valence-electron chi connectivity index (χ1n) is 11.8. The third-order valence-corrected chi connectivity index (χ3v) is 7.29. The van der Waals surface area contributed by atoms with E-state index in [0.29, 0.717) is 37.3 Å². The Bertz CT molecular complexity index is 1130. The minimum atomic E-state index is -0.680. The van der Waals surface area contributed by atoms with Crippen molar-refractivity contribution in [3.8, 4) is 11.5 Å². The molecule has 5 rings (SSSR count). The summed E-state index contributed by atoms with van der Waals surface area (Å²) in [5.74, 6) is 0.610. The molecule has 2 unspecified atom stereocenters. The first-order chi connectivity index (χ1) is 16.1. The van der Waals surface area contributed by atoms with Crippen molar-refractivity contribution in [2.24, 2.45) is 11.1 Å². The molecule has 2 heterocycles. The fourth-order valence-electron chi connectivity index (χ4n) is 5.14. The summed E-state index contributed by atoms with van der Waals surface area (Å²) in [5, 5.41) is 12.3. The number of anilines is 2. The Kier molecular flexibility index (Phi) is 5.48. The van der Waals surface area contributed by atoms with Gasteiger partial charge in [0, 0.05) is 24.3 Å². The molecule has 0 aromatic heterocycles. The maximum Gasteiger partial charge on any atom is 0.235 e. The Morgan fingerprint density at radius 3 is 2.68 bits per heavy atom. The molecule has 0 spiro atoms. The van der Waals surface area contributed by atoms with Gasteiger partial charge in [0.05, 0.1) is 17.7 Å². The van der Waals surface area contributed by atoms with Crippen LogP contribution in [0.4, 0.5) is 15.8 Å². The Labute approximate surface area is 199 Å². The minimum Gasteiger partial charge on any atom is -0.454 e. The van der Waals surface area contributed by atoms with Crippen LogP contribution in [0.25, 0.3) is 0 Å². The summed E-state index contributed by atoms with van der Waals surface area (Å²) < 4.78 is 26.1. The second-order valence-electron chi connectivity index (χ2n) is 10.7. The molecule has 0 saturated heterocycles. The van der Waals surface area contributed by atoms with Gasteiger partial charge in [-0.25, -0.2) is 4.39 Å². The fraction of sp³-hybridized carbons (Fsp3) is 0.500. The van der Waals surface area contributed by atoms with Gasteiger partial charge in [0.15, 0.2) is 11.5 Å². The van der Waals surface area contributed by atoms with E-state index in [9.17, 15) is 9.90 Å². The van der Waals surface area contributed by atoms with Gasteiger partial charge >= 0.3 is 0 Å². The quantitative estimate of drug-likeness (QED) is 0.601. The lowest BCUT2D eigenvalue weighted by Crippen LogP contribution is -2.48. The molecular weight excluding hydrogens is 437 g/mol. The van der Waals surface area contributed by atoms with Crippen LogP contribution in [0.1, 0.15) is 44.7 Å². The third-order valence-electron chi connectivity index (χ3n) is 7.29. The summed E-state index contributed by atoms with van der Waals surface area (Å²) in [5.41, 5.74) is 8.06. The predicted molar refractivity (Wildman–Crippen MR) is 128 cm³/mol. The molecule has 1 saturated carbocycles. The average molecular weight is 470 g/mol. The second-order valence-corrected chi connectivity index (χ2v) is 10.7. The zero-order valence-electron chi connectivity index (χ0n) is 19.9. The van der Waals surface area contributed by atoms with E-state index in [-0.39, 0.29) is 36.5 Å². The number of halogens is 1. The third kappa shape index (κ3) is 3.88. The van der Waals surface area contributed by atoms with E-state index in [4.69, 9.17) is 15.2 Å². The van der Waals surface area contributed by atoms with E-state index in [0.717, 1.165) is 16.8 Å². The molecule has 4 N–H and O–H groups in total. The summed E-state index contributed by atoms with van der Waals surface area (Å²) in [4.78, 5) is 15.4. The molecule has 1 amide bonds. The van der Waals surface area contributed by atoms with Crippen LogP contribution in [0.2, 0.25) is 0 Å². The van der Waals surface area contributed by atoms with Crippen molar-refractivity contribution >= 4 is 17.3 Å². The normalized spacial score (nSPS) is 20.8. The van der Waals surface area contributed by atoms with Crippen LogP contribution in [0.15, 0.2) is 30.3 Å². The van der Waals surface area contributed by atoms with Gasteiger partial charge in [0.1, 0.15) is 5.82 Å². The van der Waals surface area contributed by atoms with Gasteiger partial charge in [0.25, 0.3) is 0 Å². The van der Waals surface area contributed by atoms with E-state index < -0.39 is 17.3 Å². The number of nitrogens with one attached hydrogen (secondary N) is 1. The Balaban J connectivity index is 1.40. The first-order valence-corrected chi connectivity index (χ1v) is 11.8. The number of benzene rings is 2. The molecule has 2 aliphatic heterocycles. The molecule has 2 atom stereocenters. The van der Waals surface area contributed by atoms with Crippen LogP contribution in [0.3, 0.4) is 0 Å². The lowest BCUT2D eigenvalue weighted by molar-refractivity contribution is -0.118. The zero-order chi connectivity index (χ0) is 24.3. The van der Waals surface area contributed by atoms with Crippen LogP contribution in [0, 0.1) is 11.2 Å². The van der Waals surface area contributed by atoms with Crippen LogP contribution >= 0.6 is 0 Å². The van der Waals surface area contributed by atoms with Gasteiger partial charge in [-0.05, 0) is 60.1 Å². The number of hydrogen-bond acceptors (Lipinski definition) is 6. The monoisotopic (exact) mass is 469 g/mol. The topological polar surface area (TPSA) is 97.1 Å². The lowest BCUT2D eigenvalue weighted by Gasteiger charge is -2.38. The number of nitrogens with zero attached hydrogens (tertiary/aromatic N) is 1. The summed E-state index contributed by atoms with van der Waals surface area (Å²) in [7, 11) is 0. The molecule has 8 heteroatoms. The summed E-state index contributed by atoms with van der Waals surface area (Å²) in [6, 6.07) is 8.48. The maximum atomic E-state index is 15.3. The SMILES string of the molecule is CC(C)(C)C1Cc2cc(NC(=O)C3(c4ccc5c(c4)OCO5)CC3)c(F)cc2N1CC(N)CO. The summed E-state index contributed by atoms with van der Waals surface area (Å²) in [6.45, 7) is 6.89. The van der Waals surface area contributed by atoms with Crippen molar-refractivity contribution in [2.75, 3.05) is 30.2 Å². The van der Waals surface area contributed by atoms with Gasteiger partial charge in [-0.15, -0.1) is 0 Å². The number of carbonyl (C=O) groups excluding carboxylic acids is 1. The molecule has 0 bridgehead atoms. The number of carbonyl (C=O) groups is 1. The first kappa shape index (κ1) is 22.9.